The van der Waals surface area contributed by atoms with Crippen LogP contribution in [-0.2, 0) is 4.74 Å². The van der Waals surface area contributed by atoms with Crippen molar-refractivity contribution in [3.63, 3.8) is 0 Å². The summed E-state index contributed by atoms with van der Waals surface area (Å²) < 4.78 is 4.62. The predicted octanol–water partition coefficient (Wildman–Crippen LogP) is 4.10. The number of rotatable bonds is 4. The molecule has 6 nitrogen and oxygen atoms in total. The van der Waals surface area contributed by atoms with Crippen molar-refractivity contribution in [2.45, 2.75) is 0 Å². The third-order valence-corrected chi connectivity index (χ3v) is 3.12. The van der Waals surface area contributed by atoms with E-state index in [9.17, 15) is 14.9 Å². The summed E-state index contributed by atoms with van der Waals surface area (Å²) in [6.45, 7) is 7.01. The summed E-state index contributed by atoms with van der Waals surface area (Å²) >= 11 is 0. The number of carbonyl (C=O) groups is 1. The molecule has 0 saturated carbocycles. The maximum absolute atomic E-state index is 11.3. The van der Waals surface area contributed by atoms with Gasteiger partial charge in [-0.05, 0) is 29.3 Å². The highest BCUT2D eigenvalue weighted by Gasteiger charge is 2.13. The van der Waals surface area contributed by atoms with Crippen molar-refractivity contribution >= 4 is 29.5 Å². The Kier molecular flexibility index (Phi) is 4.85. The summed E-state index contributed by atoms with van der Waals surface area (Å²) in [7, 11) is 1.32. The summed E-state index contributed by atoms with van der Waals surface area (Å²) in [5, 5.41) is 10.8. The van der Waals surface area contributed by atoms with Gasteiger partial charge in [-0.1, -0.05) is 30.4 Å². The van der Waals surface area contributed by atoms with Gasteiger partial charge in [0.15, 0.2) is 0 Å². The van der Waals surface area contributed by atoms with Gasteiger partial charge in [0, 0.05) is 6.07 Å². The number of hydrogen-bond acceptors (Lipinski definition) is 4. The van der Waals surface area contributed by atoms with Crippen molar-refractivity contribution in [3.05, 3.63) is 80.7 Å². The fraction of sp³-hybridized carbons (Fsp3) is 0.0588. The first-order valence-corrected chi connectivity index (χ1v) is 6.57. The second-order valence-electron chi connectivity index (χ2n) is 4.56. The third-order valence-electron chi connectivity index (χ3n) is 3.12. The largest absolute Gasteiger partial charge is 0.465 e. The maximum Gasteiger partial charge on any atom is 0.337 e. The van der Waals surface area contributed by atoms with Crippen LogP contribution in [0.3, 0.4) is 0 Å². The molecule has 6 heteroatoms. The van der Waals surface area contributed by atoms with Gasteiger partial charge in [-0.25, -0.2) is 9.64 Å². The van der Waals surface area contributed by atoms with E-state index in [2.05, 4.69) is 9.58 Å². The molecule has 0 spiro atoms. The van der Waals surface area contributed by atoms with Gasteiger partial charge in [-0.15, -0.1) is 0 Å². The SMILES string of the molecule is [C-]#[N+]c1cc(/C=C/c2ccc(C(=O)OC)cc2)ccc1[N+](=O)[O-]. The van der Waals surface area contributed by atoms with E-state index >= 15 is 0 Å². The van der Waals surface area contributed by atoms with Gasteiger partial charge in [0.1, 0.15) is 0 Å². The number of ether oxygens (including phenoxy) is 1. The zero-order chi connectivity index (χ0) is 16.8. The lowest BCUT2D eigenvalue weighted by molar-refractivity contribution is -0.383. The molecule has 0 saturated heterocycles. The van der Waals surface area contributed by atoms with Crippen LogP contribution in [0.1, 0.15) is 21.5 Å². The Morgan fingerprint density at radius 1 is 1.17 bits per heavy atom. The van der Waals surface area contributed by atoms with E-state index < -0.39 is 10.9 Å². The molecule has 0 aliphatic carbocycles. The normalized spacial score (nSPS) is 10.3. The zero-order valence-electron chi connectivity index (χ0n) is 12.2. The zero-order valence-corrected chi connectivity index (χ0v) is 12.2. The van der Waals surface area contributed by atoms with Crippen LogP contribution in [0.5, 0.6) is 0 Å². The van der Waals surface area contributed by atoms with Crippen LogP contribution >= 0.6 is 0 Å². The van der Waals surface area contributed by atoms with E-state index in [0.29, 0.717) is 11.1 Å². The molecule has 2 aromatic rings. The molecule has 0 aromatic heterocycles. The summed E-state index contributed by atoms with van der Waals surface area (Å²) in [6.07, 6.45) is 3.53. The molecule has 0 bridgehead atoms. The molecule has 0 unspecified atom stereocenters. The number of methoxy groups -OCH3 is 1. The smallest absolute Gasteiger partial charge is 0.337 e. The number of nitrogens with zero attached hydrogens (tertiary/aromatic N) is 2. The number of benzene rings is 2. The fourth-order valence-electron chi connectivity index (χ4n) is 1.93. The highest BCUT2D eigenvalue weighted by Crippen LogP contribution is 2.28. The van der Waals surface area contributed by atoms with E-state index in [-0.39, 0.29) is 11.4 Å². The Bertz CT molecular complexity index is 817. The summed E-state index contributed by atoms with van der Waals surface area (Å²) in [4.78, 5) is 24.7. The summed E-state index contributed by atoms with van der Waals surface area (Å²) in [5.41, 5.74) is 1.77. The Morgan fingerprint density at radius 3 is 2.35 bits per heavy atom. The lowest BCUT2D eigenvalue weighted by Crippen LogP contribution is -2.00. The molecule has 0 heterocycles. The molecule has 0 fully saturated rings. The molecule has 2 rings (SSSR count). The third kappa shape index (κ3) is 3.80. The van der Waals surface area contributed by atoms with Crippen LogP contribution in [0, 0.1) is 16.7 Å². The van der Waals surface area contributed by atoms with Crippen molar-refractivity contribution in [3.8, 4) is 0 Å². The highest BCUT2D eigenvalue weighted by molar-refractivity contribution is 5.89. The second kappa shape index (κ2) is 7.00. The van der Waals surface area contributed by atoms with Crippen molar-refractivity contribution < 1.29 is 14.5 Å². The van der Waals surface area contributed by atoms with Gasteiger partial charge in [-0.3, -0.25) is 10.1 Å². The van der Waals surface area contributed by atoms with Gasteiger partial charge in [0.2, 0.25) is 0 Å². The Balaban J connectivity index is 2.22. The monoisotopic (exact) mass is 308 g/mol. The first-order chi connectivity index (χ1) is 11.0. The number of nitro groups is 1. The molecule has 0 amide bonds. The quantitative estimate of drug-likeness (QED) is 0.280. The molecule has 0 radical (unpaired) electrons. The molecule has 23 heavy (non-hydrogen) atoms. The molecule has 0 N–H and O–H groups in total. The number of esters is 1. The summed E-state index contributed by atoms with van der Waals surface area (Å²) in [6, 6.07) is 11.1. The van der Waals surface area contributed by atoms with Gasteiger partial charge in [0.25, 0.3) is 11.4 Å². The minimum absolute atomic E-state index is 0.00168. The van der Waals surface area contributed by atoms with Crippen molar-refractivity contribution in [2.75, 3.05) is 7.11 Å². The van der Waals surface area contributed by atoms with Crippen LogP contribution in [-0.4, -0.2) is 18.0 Å². The van der Waals surface area contributed by atoms with Crippen LogP contribution in [0.15, 0.2) is 42.5 Å². The lowest BCUT2D eigenvalue weighted by Gasteiger charge is -2.00. The number of hydrogen-bond donors (Lipinski definition) is 0. The van der Waals surface area contributed by atoms with Crippen molar-refractivity contribution in [1.29, 1.82) is 0 Å². The topological polar surface area (TPSA) is 73.8 Å². The Labute approximate surface area is 132 Å². The van der Waals surface area contributed by atoms with Gasteiger partial charge in [-0.2, -0.15) is 0 Å². The minimum Gasteiger partial charge on any atom is -0.465 e. The van der Waals surface area contributed by atoms with Crippen LogP contribution in [0.25, 0.3) is 17.0 Å². The Hall–Kier alpha value is -3.46. The molecule has 0 atom stereocenters. The van der Waals surface area contributed by atoms with Crippen LogP contribution < -0.4 is 0 Å². The van der Waals surface area contributed by atoms with Gasteiger partial charge in [0.05, 0.1) is 24.2 Å². The van der Waals surface area contributed by atoms with E-state index in [1.54, 1.807) is 42.5 Å². The van der Waals surface area contributed by atoms with E-state index in [4.69, 9.17) is 6.57 Å². The number of nitro benzene ring substituents is 1. The first-order valence-electron chi connectivity index (χ1n) is 6.57. The summed E-state index contributed by atoms with van der Waals surface area (Å²) in [5.74, 6) is -0.405. The Morgan fingerprint density at radius 2 is 1.78 bits per heavy atom. The lowest BCUT2D eigenvalue weighted by atomic mass is 10.1. The molecule has 2 aromatic carbocycles. The molecule has 114 valence electrons. The minimum atomic E-state index is -0.577. The van der Waals surface area contributed by atoms with Gasteiger partial charge < -0.3 is 4.74 Å². The van der Waals surface area contributed by atoms with E-state index in [1.807, 2.05) is 0 Å². The fourth-order valence-corrected chi connectivity index (χ4v) is 1.93. The predicted molar refractivity (Wildman–Crippen MR) is 86.1 cm³/mol. The molecular weight excluding hydrogens is 296 g/mol. The van der Waals surface area contributed by atoms with Crippen molar-refractivity contribution in [2.24, 2.45) is 0 Å². The first kappa shape index (κ1) is 15.9. The molecular formula is C17H12N2O4. The van der Waals surface area contributed by atoms with Crippen LogP contribution in [0.2, 0.25) is 0 Å². The number of carbonyl (C=O) groups excluding carboxylic acids is 1. The standard InChI is InChI=1S/C17H12N2O4/c1-18-15-11-13(7-10-16(15)19(21)22)4-3-12-5-8-14(9-6-12)17(20)23-2/h3-11H,2H3/b4-3+. The second-order valence-corrected chi connectivity index (χ2v) is 4.56. The highest BCUT2D eigenvalue weighted by atomic mass is 16.6. The van der Waals surface area contributed by atoms with E-state index in [0.717, 1.165) is 5.56 Å². The molecule has 0 aliphatic heterocycles. The average Bonchev–Trinajstić information content (AvgIpc) is 2.59. The van der Waals surface area contributed by atoms with Crippen molar-refractivity contribution in [1.82, 2.24) is 0 Å². The average molecular weight is 308 g/mol. The molecule has 0 aliphatic rings. The maximum atomic E-state index is 11.3. The van der Waals surface area contributed by atoms with Gasteiger partial charge >= 0.3 is 5.97 Å². The van der Waals surface area contributed by atoms with E-state index in [1.165, 1.54) is 19.2 Å². The van der Waals surface area contributed by atoms with Crippen LogP contribution in [0.4, 0.5) is 11.4 Å².